The quantitative estimate of drug-likeness (QED) is 0.767. The van der Waals surface area contributed by atoms with E-state index in [-0.39, 0.29) is 6.03 Å². The summed E-state index contributed by atoms with van der Waals surface area (Å²) in [4.78, 5) is 14.1. The average molecular weight is 226 g/mol. The van der Waals surface area contributed by atoms with E-state index in [0.29, 0.717) is 6.04 Å². The summed E-state index contributed by atoms with van der Waals surface area (Å²) in [5, 5.41) is 3.00. The highest BCUT2D eigenvalue weighted by Crippen LogP contribution is 2.22. The number of hydrogen-bond donors (Lipinski definition) is 1. The summed E-state index contributed by atoms with van der Waals surface area (Å²) in [6, 6.07) is 0.640. The Labute approximate surface area is 99.6 Å². The van der Waals surface area contributed by atoms with Gasteiger partial charge in [0.1, 0.15) is 0 Å². The van der Waals surface area contributed by atoms with E-state index in [1.807, 2.05) is 0 Å². The fourth-order valence-electron chi connectivity index (χ4n) is 2.42. The van der Waals surface area contributed by atoms with Crippen LogP contribution in [0.3, 0.4) is 0 Å². The fourth-order valence-corrected chi connectivity index (χ4v) is 2.42. The first-order chi connectivity index (χ1) is 7.79. The highest BCUT2D eigenvalue weighted by Gasteiger charge is 2.24. The van der Waals surface area contributed by atoms with Crippen molar-refractivity contribution in [3.05, 3.63) is 0 Å². The maximum absolute atomic E-state index is 12.0. The van der Waals surface area contributed by atoms with Gasteiger partial charge >= 0.3 is 6.03 Å². The third-order valence-electron chi connectivity index (χ3n) is 3.27. The molecule has 0 aliphatic heterocycles. The Balaban J connectivity index is 2.47. The van der Waals surface area contributed by atoms with Crippen LogP contribution >= 0.6 is 0 Å². The van der Waals surface area contributed by atoms with Crippen molar-refractivity contribution in [3.8, 4) is 0 Å². The summed E-state index contributed by atoms with van der Waals surface area (Å²) in [6.07, 6.45) is 8.36. The van der Waals surface area contributed by atoms with Crippen molar-refractivity contribution in [2.75, 3.05) is 13.1 Å². The smallest absolute Gasteiger partial charge is 0.317 e. The van der Waals surface area contributed by atoms with Crippen molar-refractivity contribution in [2.45, 2.75) is 64.8 Å². The molecule has 1 N–H and O–H groups in total. The van der Waals surface area contributed by atoms with Crippen LogP contribution < -0.4 is 5.32 Å². The number of hydrogen-bond acceptors (Lipinski definition) is 1. The van der Waals surface area contributed by atoms with Crippen molar-refractivity contribution in [3.63, 3.8) is 0 Å². The van der Waals surface area contributed by atoms with E-state index in [2.05, 4.69) is 24.1 Å². The Morgan fingerprint density at radius 1 is 1.19 bits per heavy atom. The first-order valence-corrected chi connectivity index (χ1v) is 6.84. The summed E-state index contributed by atoms with van der Waals surface area (Å²) in [7, 11) is 0. The molecule has 2 amide bonds. The first kappa shape index (κ1) is 13.3. The van der Waals surface area contributed by atoms with Crippen molar-refractivity contribution in [1.82, 2.24) is 10.2 Å². The molecule has 0 spiro atoms. The molecule has 16 heavy (non-hydrogen) atoms. The Hall–Kier alpha value is -0.730. The molecule has 0 unspecified atom stereocenters. The minimum atomic E-state index is 0.149. The molecule has 94 valence electrons. The molecule has 3 nitrogen and oxygen atoms in total. The molecule has 1 aliphatic rings. The highest BCUT2D eigenvalue weighted by atomic mass is 16.2. The van der Waals surface area contributed by atoms with Gasteiger partial charge in [0.05, 0.1) is 0 Å². The number of nitrogens with zero attached hydrogens (tertiary/aromatic N) is 1. The third kappa shape index (κ3) is 4.03. The molecule has 0 heterocycles. The molecule has 1 rings (SSSR count). The predicted octanol–water partition coefficient (Wildman–Crippen LogP) is 3.15. The molecular formula is C13H26N2O. The lowest BCUT2D eigenvalue weighted by molar-refractivity contribution is 0.155. The van der Waals surface area contributed by atoms with Crippen molar-refractivity contribution < 1.29 is 4.79 Å². The lowest BCUT2D eigenvalue weighted by Crippen LogP contribution is -2.47. The summed E-state index contributed by atoms with van der Waals surface area (Å²) in [6.45, 7) is 5.93. The molecule has 0 bridgehead atoms. The lowest BCUT2D eigenvalue weighted by Gasteiger charge is -2.34. The molecule has 3 heteroatoms. The SMILES string of the molecule is CCCNC(=O)N(CCC)C1CCCCC1. The van der Waals surface area contributed by atoms with Gasteiger partial charge in [-0.05, 0) is 25.7 Å². The first-order valence-electron chi connectivity index (χ1n) is 6.84. The van der Waals surface area contributed by atoms with Crippen molar-refractivity contribution in [1.29, 1.82) is 0 Å². The number of rotatable bonds is 5. The van der Waals surface area contributed by atoms with Gasteiger partial charge in [0, 0.05) is 19.1 Å². The molecule has 0 radical (unpaired) electrons. The molecule has 1 aliphatic carbocycles. The number of nitrogens with one attached hydrogen (secondary N) is 1. The van der Waals surface area contributed by atoms with E-state index < -0.39 is 0 Å². The standard InChI is InChI=1S/C13H26N2O/c1-3-10-14-13(16)15(11-4-2)12-8-6-5-7-9-12/h12H,3-11H2,1-2H3,(H,14,16). The third-order valence-corrected chi connectivity index (χ3v) is 3.27. The second kappa shape index (κ2) is 7.53. The summed E-state index contributed by atoms with van der Waals surface area (Å²) < 4.78 is 0. The van der Waals surface area contributed by atoms with Crippen LogP contribution in [-0.2, 0) is 0 Å². The van der Waals surface area contributed by atoms with E-state index in [1.165, 1.54) is 32.1 Å². The van der Waals surface area contributed by atoms with Gasteiger partial charge < -0.3 is 10.2 Å². The molecule has 0 saturated heterocycles. The van der Waals surface area contributed by atoms with Gasteiger partial charge in [0.2, 0.25) is 0 Å². The summed E-state index contributed by atoms with van der Waals surface area (Å²) in [5.41, 5.74) is 0. The second-order valence-corrected chi connectivity index (χ2v) is 4.72. The monoisotopic (exact) mass is 226 g/mol. The number of carbonyl (C=O) groups excluding carboxylic acids is 1. The Morgan fingerprint density at radius 2 is 1.88 bits per heavy atom. The average Bonchev–Trinajstić information content (AvgIpc) is 2.34. The van der Waals surface area contributed by atoms with Crippen LogP contribution in [0.4, 0.5) is 4.79 Å². The largest absolute Gasteiger partial charge is 0.338 e. The van der Waals surface area contributed by atoms with Crippen LogP contribution in [-0.4, -0.2) is 30.1 Å². The second-order valence-electron chi connectivity index (χ2n) is 4.72. The lowest BCUT2D eigenvalue weighted by atomic mass is 9.94. The Kier molecular flexibility index (Phi) is 6.27. The number of amides is 2. The summed E-state index contributed by atoms with van der Waals surface area (Å²) in [5.74, 6) is 0. The van der Waals surface area contributed by atoms with Gasteiger partial charge in [0.15, 0.2) is 0 Å². The molecule has 0 atom stereocenters. The van der Waals surface area contributed by atoms with Crippen LogP contribution in [0.1, 0.15) is 58.8 Å². The molecule has 1 saturated carbocycles. The summed E-state index contributed by atoms with van der Waals surface area (Å²) >= 11 is 0. The number of urea groups is 1. The van der Waals surface area contributed by atoms with Crippen molar-refractivity contribution >= 4 is 6.03 Å². The number of carbonyl (C=O) groups is 1. The highest BCUT2D eigenvalue weighted by molar-refractivity contribution is 5.74. The van der Waals surface area contributed by atoms with Gasteiger partial charge in [-0.3, -0.25) is 0 Å². The Bertz CT molecular complexity index is 200. The maximum atomic E-state index is 12.0. The zero-order chi connectivity index (χ0) is 11.8. The fraction of sp³-hybridized carbons (Fsp3) is 0.923. The van der Waals surface area contributed by atoms with Crippen LogP contribution in [0.5, 0.6) is 0 Å². The van der Waals surface area contributed by atoms with Crippen LogP contribution in [0, 0.1) is 0 Å². The zero-order valence-corrected chi connectivity index (χ0v) is 10.8. The molecule has 0 aromatic heterocycles. The van der Waals surface area contributed by atoms with E-state index in [9.17, 15) is 4.79 Å². The van der Waals surface area contributed by atoms with Crippen LogP contribution in [0.25, 0.3) is 0 Å². The predicted molar refractivity (Wildman–Crippen MR) is 67.6 cm³/mol. The molecule has 0 aromatic rings. The minimum absolute atomic E-state index is 0.149. The van der Waals surface area contributed by atoms with Gasteiger partial charge in [-0.15, -0.1) is 0 Å². The van der Waals surface area contributed by atoms with Gasteiger partial charge in [-0.25, -0.2) is 4.79 Å². The van der Waals surface area contributed by atoms with E-state index in [4.69, 9.17) is 0 Å². The van der Waals surface area contributed by atoms with Gasteiger partial charge in [0.25, 0.3) is 0 Å². The van der Waals surface area contributed by atoms with E-state index >= 15 is 0 Å². The van der Waals surface area contributed by atoms with E-state index in [0.717, 1.165) is 25.9 Å². The molecular weight excluding hydrogens is 200 g/mol. The molecule has 0 aromatic carbocycles. The van der Waals surface area contributed by atoms with Gasteiger partial charge in [-0.1, -0.05) is 33.1 Å². The van der Waals surface area contributed by atoms with Crippen molar-refractivity contribution in [2.24, 2.45) is 0 Å². The topological polar surface area (TPSA) is 32.3 Å². The van der Waals surface area contributed by atoms with Gasteiger partial charge in [-0.2, -0.15) is 0 Å². The normalized spacial score (nSPS) is 17.1. The zero-order valence-electron chi connectivity index (χ0n) is 10.8. The maximum Gasteiger partial charge on any atom is 0.317 e. The minimum Gasteiger partial charge on any atom is -0.338 e. The van der Waals surface area contributed by atoms with Crippen LogP contribution in [0.15, 0.2) is 0 Å². The van der Waals surface area contributed by atoms with E-state index in [1.54, 1.807) is 0 Å². The van der Waals surface area contributed by atoms with Crippen LogP contribution in [0.2, 0.25) is 0 Å². The molecule has 1 fully saturated rings. The Morgan fingerprint density at radius 3 is 2.44 bits per heavy atom.